The Morgan fingerprint density at radius 1 is 1.00 bits per heavy atom. The predicted octanol–water partition coefficient (Wildman–Crippen LogP) is 1.95. The largest absolute Gasteiger partial charge is 0.285 e. The zero-order valence-corrected chi connectivity index (χ0v) is 7.30. The van der Waals surface area contributed by atoms with Crippen molar-refractivity contribution >= 4 is 46.4 Å². The molecule has 0 spiro atoms. The van der Waals surface area contributed by atoms with Gasteiger partial charge in [0.25, 0.3) is 0 Å². The van der Waals surface area contributed by atoms with Crippen molar-refractivity contribution in [3.05, 3.63) is 21.2 Å². The fraction of sp³-hybridized carbons (Fsp3) is 0. The third-order valence-electron chi connectivity index (χ3n) is 1.08. The van der Waals surface area contributed by atoms with Crippen molar-refractivity contribution in [2.75, 3.05) is 0 Å². The van der Waals surface area contributed by atoms with Crippen molar-refractivity contribution in [3.63, 3.8) is 0 Å². The maximum Gasteiger partial charge on any atom is 0.245 e. The second-order valence-corrected chi connectivity index (χ2v) is 2.98. The molecule has 1 aliphatic rings. The lowest BCUT2D eigenvalue weighted by Crippen LogP contribution is -2.15. The van der Waals surface area contributed by atoms with Gasteiger partial charge in [0, 0.05) is 6.08 Å². The first-order valence-corrected chi connectivity index (χ1v) is 3.69. The summed E-state index contributed by atoms with van der Waals surface area (Å²) in [6, 6.07) is 0. The molecule has 0 atom stereocenters. The summed E-state index contributed by atoms with van der Waals surface area (Å²) in [5, 5.41) is -0.386. The second kappa shape index (κ2) is 2.97. The standard InChI is InChI=1S/C6HCl3O2/c7-2-1-3(10)6(11)5(9)4(2)8/h1H. The highest BCUT2D eigenvalue weighted by molar-refractivity contribution is 6.66. The summed E-state index contributed by atoms with van der Waals surface area (Å²) in [6.07, 6.45) is 0.943. The smallest absolute Gasteiger partial charge is 0.245 e. The van der Waals surface area contributed by atoms with Crippen LogP contribution >= 0.6 is 34.8 Å². The molecular weight excluding hydrogens is 210 g/mol. The molecule has 0 bridgehead atoms. The van der Waals surface area contributed by atoms with Gasteiger partial charge in [0.1, 0.15) is 5.03 Å². The fourth-order valence-corrected chi connectivity index (χ4v) is 1.13. The summed E-state index contributed by atoms with van der Waals surface area (Å²) < 4.78 is 0. The Bertz CT molecular complexity index is 301. The molecule has 0 saturated carbocycles. The lowest BCUT2D eigenvalue weighted by Gasteiger charge is -2.04. The number of carbonyl (C=O) groups excluding carboxylic acids is 2. The molecule has 0 aromatic carbocycles. The Labute approximate surface area is 77.4 Å². The van der Waals surface area contributed by atoms with Crippen molar-refractivity contribution in [2.24, 2.45) is 0 Å². The minimum atomic E-state index is -0.818. The summed E-state index contributed by atoms with van der Waals surface area (Å²) in [4.78, 5) is 21.4. The molecular formula is C6HCl3O2. The number of Topliss-reactive ketones (excluding diaryl/α,β-unsaturated/α-hetero) is 1. The van der Waals surface area contributed by atoms with Gasteiger partial charge >= 0.3 is 0 Å². The van der Waals surface area contributed by atoms with Gasteiger partial charge < -0.3 is 0 Å². The average Bonchev–Trinajstić information content (AvgIpc) is 1.97. The van der Waals surface area contributed by atoms with Crippen LogP contribution in [0.25, 0.3) is 0 Å². The Morgan fingerprint density at radius 3 is 2.09 bits per heavy atom. The minimum Gasteiger partial charge on any atom is -0.285 e. The quantitative estimate of drug-likeness (QED) is 0.453. The van der Waals surface area contributed by atoms with Gasteiger partial charge in [-0.3, -0.25) is 9.59 Å². The molecule has 0 heterocycles. The maximum absolute atomic E-state index is 10.8. The lowest BCUT2D eigenvalue weighted by atomic mass is 10.1. The van der Waals surface area contributed by atoms with E-state index in [9.17, 15) is 9.59 Å². The van der Waals surface area contributed by atoms with Gasteiger partial charge in [-0.05, 0) is 0 Å². The van der Waals surface area contributed by atoms with Gasteiger partial charge in [0.2, 0.25) is 11.6 Å². The van der Waals surface area contributed by atoms with Crippen LogP contribution in [0.1, 0.15) is 0 Å². The number of halogens is 3. The van der Waals surface area contributed by atoms with Crippen LogP contribution in [-0.4, -0.2) is 11.6 Å². The zero-order valence-electron chi connectivity index (χ0n) is 5.03. The molecule has 0 unspecified atom stereocenters. The molecule has 5 heteroatoms. The number of hydrogen-bond acceptors (Lipinski definition) is 2. The van der Waals surface area contributed by atoms with E-state index in [1.54, 1.807) is 0 Å². The van der Waals surface area contributed by atoms with E-state index >= 15 is 0 Å². The van der Waals surface area contributed by atoms with Crippen LogP contribution in [0, 0.1) is 0 Å². The molecule has 0 aromatic heterocycles. The molecule has 1 rings (SSSR count). The molecule has 0 fully saturated rings. The van der Waals surface area contributed by atoms with E-state index in [0.717, 1.165) is 6.08 Å². The van der Waals surface area contributed by atoms with E-state index in [1.165, 1.54) is 0 Å². The molecule has 11 heavy (non-hydrogen) atoms. The van der Waals surface area contributed by atoms with Crippen molar-refractivity contribution in [1.29, 1.82) is 0 Å². The van der Waals surface area contributed by atoms with Crippen LogP contribution in [0.15, 0.2) is 21.2 Å². The lowest BCUT2D eigenvalue weighted by molar-refractivity contribution is -0.131. The third kappa shape index (κ3) is 1.48. The van der Waals surface area contributed by atoms with Crippen molar-refractivity contribution < 1.29 is 9.59 Å². The highest BCUT2D eigenvalue weighted by atomic mass is 35.5. The summed E-state index contributed by atoms with van der Waals surface area (Å²) in [5.74, 6) is -1.56. The Hall–Kier alpha value is -0.310. The van der Waals surface area contributed by atoms with Crippen LogP contribution in [0.5, 0.6) is 0 Å². The van der Waals surface area contributed by atoms with Crippen LogP contribution in [-0.2, 0) is 9.59 Å². The van der Waals surface area contributed by atoms with Crippen LogP contribution in [0.4, 0.5) is 0 Å². The first-order chi connectivity index (χ1) is 5.04. The molecule has 0 N–H and O–H groups in total. The Morgan fingerprint density at radius 2 is 1.55 bits per heavy atom. The fourth-order valence-electron chi connectivity index (χ4n) is 0.557. The maximum atomic E-state index is 10.8. The van der Waals surface area contributed by atoms with Gasteiger partial charge in [-0.15, -0.1) is 0 Å². The number of ketones is 2. The predicted molar refractivity (Wildman–Crippen MR) is 42.7 cm³/mol. The second-order valence-electron chi connectivity index (χ2n) is 1.81. The highest BCUT2D eigenvalue weighted by Crippen LogP contribution is 2.29. The first kappa shape index (κ1) is 8.78. The minimum absolute atomic E-state index is 0.00117. The normalized spacial score (nSPS) is 19.0. The Kier molecular flexibility index (Phi) is 2.37. The van der Waals surface area contributed by atoms with E-state index in [-0.39, 0.29) is 15.1 Å². The topological polar surface area (TPSA) is 34.1 Å². The van der Waals surface area contributed by atoms with E-state index in [1.807, 2.05) is 0 Å². The third-order valence-corrected chi connectivity index (χ3v) is 2.33. The summed E-state index contributed by atoms with van der Waals surface area (Å²) in [6.45, 7) is 0. The summed E-state index contributed by atoms with van der Waals surface area (Å²) >= 11 is 16.2. The number of hydrogen-bond donors (Lipinski definition) is 0. The van der Waals surface area contributed by atoms with Gasteiger partial charge in [-0.1, -0.05) is 34.8 Å². The van der Waals surface area contributed by atoms with Crippen LogP contribution in [0.2, 0.25) is 0 Å². The van der Waals surface area contributed by atoms with Gasteiger partial charge in [0.15, 0.2) is 0 Å². The molecule has 0 amide bonds. The molecule has 58 valence electrons. The molecule has 0 aliphatic heterocycles. The summed E-state index contributed by atoms with van der Waals surface area (Å²) in [7, 11) is 0. The van der Waals surface area contributed by atoms with Gasteiger partial charge in [0.05, 0.1) is 10.1 Å². The number of carbonyl (C=O) groups is 2. The number of rotatable bonds is 0. The van der Waals surface area contributed by atoms with Gasteiger partial charge in [-0.25, -0.2) is 0 Å². The van der Waals surface area contributed by atoms with E-state index in [2.05, 4.69) is 0 Å². The van der Waals surface area contributed by atoms with Gasteiger partial charge in [-0.2, -0.15) is 0 Å². The van der Waals surface area contributed by atoms with Crippen molar-refractivity contribution in [1.82, 2.24) is 0 Å². The molecule has 0 aromatic rings. The first-order valence-electron chi connectivity index (χ1n) is 2.55. The molecule has 0 radical (unpaired) electrons. The number of allylic oxidation sites excluding steroid dienone is 4. The van der Waals surface area contributed by atoms with Crippen LogP contribution in [0.3, 0.4) is 0 Å². The average molecular weight is 211 g/mol. The van der Waals surface area contributed by atoms with Crippen molar-refractivity contribution in [3.8, 4) is 0 Å². The van der Waals surface area contributed by atoms with Crippen LogP contribution < -0.4 is 0 Å². The zero-order chi connectivity index (χ0) is 8.59. The van der Waals surface area contributed by atoms with E-state index in [4.69, 9.17) is 34.8 Å². The molecule has 2 nitrogen and oxygen atoms in total. The summed E-state index contributed by atoms with van der Waals surface area (Å²) in [5.41, 5.74) is 0. The molecule has 1 aliphatic carbocycles. The monoisotopic (exact) mass is 210 g/mol. The SMILES string of the molecule is O=C1C=C(Cl)C(Cl)=C(Cl)C1=O. The Balaban J connectivity index is 3.22. The highest BCUT2D eigenvalue weighted by Gasteiger charge is 2.25. The molecule has 0 saturated heterocycles. The van der Waals surface area contributed by atoms with E-state index in [0.29, 0.717) is 0 Å². The van der Waals surface area contributed by atoms with Crippen molar-refractivity contribution in [2.45, 2.75) is 0 Å². The van der Waals surface area contributed by atoms with E-state index < -0.39 is 11.6 Å².